The molecule has 0 radical (unpaired) electrons. The zero-order valence-corrected chi connectivity index (χ0v) is 9.29. The maximum absolute atomic E-state index is 13.7. The van der Waals surface area contributed by atoms with Crippen LogP contribution in [0.2, 0.25) is 0 Å². The molecular formula is C12H16FNO2. The Kier molecular flexibility index (Phi) is 3.29. The summed E-state index contributed by atoms with van der Waals surface area (Å²) in [6, 6.07) is 3.01. The van der Waals surface area contributed by atoms with Crippen LogP contribution in [0.3, 0.4) is 0 Å². The van der Waals surface area contributed by atoms with E-state index in [1.54, 1.807) is 0 Å². The van der Waals surface area contributed by atoms with Crippen LogP contribution in [-0.4, -0.2) is 24.8 Å². The van der Waals surface area contributed by atoms with Gasteiger partial charge in [-0.1, -0.05) is 0 Å². The van der Waals surface area contributed by atoms with Crippen LogP contribution in [0.15, 0.2) is 12.1 Å². The zero-order chi connectivity index (χ0) is 11.5. The molecule has 0 aromatic heterocycles. The first-order valence-corrected chi connectivity index (χ1v) is 5.49. The van der Waals surface area contributed by atoms with Gasteiger partial charge >= 0.3 is 0 Å². The summed E-state index contributed by atoms with van der Waals surface area (Å²) in [4.78, 5) is 0. The molecule has 1 aromatic rings. The van der Waals surface area contributed by atoms with Gasteiger partial charge in [0.25, 0.3) is 0 Å². The summed E-state index contributed by atoms with van der Waals surface area (Å²) in [7, 11) is 1.41. The topological polar surface area (TPSA) is 41.5 Å². The molecule has 1 aliphatic heterocycles. The normalized spacial score (nSPS) is 20.0. The Labute approximate surface area is 94.2 Å². The summed E-state index contributed by atoms with van der Waals surface area (Å²) in [5.74, 6) is -0.138. The Balaban J connectivity index is 2.17. The number of hydrogen-bond acceptors (Lipinski definition) is 3. The smallest absolute Gasteiger partial charge is 0.163 e. The number of phenols is 1. The Morgan fingerprint density at radius 3 is 3.00 bits per heavy atom. The summed E-state index contributed by atoms with van der Waals surface area (Å²) in [6.45, 7) is 0.994. The van der Waals surface area contributed by atoms with Gasteiger partial charge in [0.2, 0.25) is 0 Å². The molecule has 1 heterocycles. The van der Waals surface area contributed by atoms with Gasteiger partial charge in [-0.3, -0.25) is 0 Å². The number of ether oxygens (including phenoxy) is 1. The highest BCUT2D eigenvalue weighted by Crippen LogP contribution is 2.29. The maximum atomic E-state index is 13.7. The minimum absolute atomic E-state index is 0.00287. The van der Waals surface area contributed by atoms with Crippen LogP contribution in [0.5, 0.6) is 11.5 Å². The summed E-state index contributed by atoms with van der Waals surface area (Å²) in [5, 5.41) is 12.9. The van der Waals surface area contributed by atoms with E-state index in [0.717, 1.165) is 19.4 Å². The summed E-state index contributed by atoms with van der Waals surface area (Å²) in [5.41, 5.74) is 0.540. The third kappa shape index (κ3) is 2.27. The molecule has 2 N–H and O–H groups in total. The molecule has 1 aromatic carbocycles. The van der Waals surface area contributed by atoms with Crippen molar-refractivity contribution in [3.63, 3.8) is 0 Å². The molecule has 3 nitrogen and oxygen atoms in total. The van der Waals surface area contributed by atoms with Crippen LogP contribution in [-0.2, 0) is 6.42 Å². The lowest BCUT2D eigenvalue weighted by Crippen LogP contribution is -2.24. The SMILES string of the molecule is COc1cc(F)c(CC2CCCN2)cc1O. The average Bonchev–Trinajstić information content (AvgIpc) is 2.75. The highest BCUT2D eigenvalue weighted by Gasteiger charge is 2.18. The molecule has 0 bridgehead atoms. The van der Waals surface area contributed by atoms with Crippen LogP contribution in [0.4, 0.5) is 4.39 Å². The Morgan fingerprint density at radius 2 is 2.38 bits per heavy atom. The molecule has 1 aliphatic rings. The van der Waals surface area contributed by atoms with E-state index in [4.69, 9.17) is 4.74 Å². The van der Waals surface area contributed by atoms with E-state index in [-0.39, 0.29) is 17.3 Å². The fourth-order valence-corrected chi connectivity index (χ4v) is 2.10. The van der Waals surface area contributed by atoms with Gasteiger partial charge in [0, 0.05) is 12.1 Å². The van der Waals surface area contributed by atoms with Crippen molar-refractivity contribution in [2.45, 2.75) is 25.3 Å². The molecule has 1 unspecified atom stereocenters. The largest absolute Gasteiger partial charge is 0.504 e. The van der Waals surface area contributed by atoms with Crippen LogP contribution in [0, 0.1) is 5.82 Å². The second-order valence-electron chi connectivity index (χ2n) is 4.11. The molecule has 0 amide bonds. The van der Waals surface area contributed by atoms with E-state index >= 15 is 0 Å². The van der Waals surface area contributed by atoms with E-state index in [1.165, 1.54) is 19.2 Å². The standard InChI is InChI=1S/C12H16FNO2/c1-16-12-7-10(13)8(6-11(12)15)5-9-3-2-4-14-9/h6-7,9,14-15H,2-5H2,1H3. The summed E-state index contributed by atoms with van der Waals surface area (Å²) < 4.78 is 18.5. The molecule has 4 heteroatoms. The Hall–Kier alpha value is -1.29. The van der Waals surface area contributed by atoms with Crippen LogP contribution in [0.25, 0.3) is 0 Å². The van der Waals surface area contributed by atoms with E-state index in [9.17, 15) is 9.50 Å². The van der Waals surface area contributed by atoms with E-state index in [1.807, 2.05) is 0 Å². The van der Waals surface area contributed by atoms with Crippen molar-refractivity contribution < 1.29 is 14.2 Å². The first-order chi connectivity index (χ1) is 7.70. The van der Waals surface area contributed by atoms with Crippen molar-refractivity contribution in [1.82, 2.24) is 5.32 Å². The van der Waals surface area contributed by atoms with Crippen LogP contribution < -0.4 is 10.1 Å². The van der Waals surface area contributed by atoms with Gasteiger partial charge in [-0.2, -0.15) is 0 Å². The fraction of sp³-hybridized carbons (Fsp3) is 0.500. The van der Waals surface area contributed by atoms with Gasteiger partial charge in [0.05, 0.1) is 7.11 Å². The minimum atomic E-state index is -0.316. The lowest BCUT2D eigenvalue weighted by molar-refractivity contribution is 0.369. The Bertz CT molecular complexity index is 376. The molecule has 1 fully saturated rings. The average molecular weight is 225 g/mol. The molecule has 0 spiro atoms. The quantitative estimate of drug-likeness (QED) is 0.824. The summed E-state index contributed by atoms with van der Waals surface area (Å²) in [6.07, 6.45) is 2.81. The third-order valence-corrected chi connectivity index (χ3v) is 2.98. The molecule has 0 aliphatic carbocycles. The van der Waals surface area contributed by atoms with Crippen molar-refractivity contribution in [3.8, 4) is 11.5 Å². The first kappa shape index (κ1) is 11.2. The number of aromatic hydroxyl groups is 1. The number of benzene rings is 1. The second-order valence-corrected chi connectivity index (χ2v) is 4.11. The number of methoxy groups -OCH3 is 1. The van der Waals surface area contributed by atoms with Gasteiger partial charge in [-0.25, -0.2) is 4.39 Å². The monoisotopic (exact) mass is 225 g/mol. The second kappa shape index (κ2) is 4.70. The highest BCUT2D eigenvalue weighted by atomic mass is 19.1. The van der Waals surface area contributed by atoms with Crippen molar-refractivity contribution in [2.24, 2.45) is 0 Å². The molecule has 88 valence electrons. The van der Waals surface area contributed by atoms with Gasteiger partial charge in [0.15, 0.2) is 11.5 Å². The molecule has 16 heavy (non-hydrogen) atoms. The first-order valence-electron chi connectivity index (χ1n) is 5.49. The molecule has 1 saturated heterocycles. The van der Waals surface area contributed by atoms with Gasteiger partial charge in [-0.15, -0.1) is 0 Å². The van der Waals surface area contributed by atoms with Crippen molar-refractivity contribution >= 4 is 0 Å². The molecule has 0 saturated carbocycles. The van der Waals surface area contributed by atoms with Crippen LogP contribution >= 0.6 is 0 Å². The number of phenolic OH excluding ortho intramolecular Hbond substituents is 1. The van der Waals surface area contributed by atoms with Crippen molar-refractivity contribution in [1.29, 1.82) is 0 Å². The van der Waals surface area contributed by atoms with E-state index in [2.05, 4.69) is 5.32 Å². The predicted molar refractivity (Wildman–Crippen MR) is 59.3 cm³/mol. The van der Waals surface area contributed by atoms with Crippen molar-refractivity contribution in [3.05, 3.63) is 23.5 Å². The number of halogens is 1. The maximum Gasteiger partial charge on any atom is 0.163 e. The summed E-state index contributed by atoms with van der Waals surface area (Å²) >= 11 is 0. The highest BCUT2D eigenvalue weighted by molar-refractivity contribution is 5.42. The van der Waals surface area contributed by atoms with E-state index < -0.39 is 0 Å². The third-order valence-electron chi connectivity index (χ3n) is 2.98. The lowest BCUT2D eigenvalue weighted by Gasteiger charge is -2.12. The van der Waals surface area contributed by atoms with Gasteiger partial charge in [-0.05, 0) is 37.4 Å². The predicted octanol–water partition coefficient (Wildman–Crippen LogP) is 1.83. The zero-order valence-electron chi connectivity index (χ0n) is 9.29. The van der Waals surface area contributed by atoms with E-state index in [0.29, 0.717) is 18.0 Å². The van der Waals surface area contributed by atoms with Crippen molar-refractivity contribution in [2.75, 3.05) is 13.7 Å². The van der Waals surface area contributed by atoms with Gasteiger partial charge in [0.1, 0.15) is 5.82 Å². The number of rotatable bonds is 3. The molecule has 2 rings (SSSR count). The number of hydrogen-bond donors (Lipinski definition) is 2. The fourth-order valence-electron chi connectivity index (χ4n) is 2.10. The lowest BCUT2D eigenvalue weighted by atomic mass is 10.0. The minimum Gasteiger partial charge on any atom is -0.504 e. The Morgan fingerprint density at radius 1 is 1.56 bits per heavy atom. The number of nitrogens with one attached hydrogen (secondary N) is 1. The van der Waals surface area contributed by atoms with Gasteiger partial charge < -0.3 is 15.2 Å². The molecular weight excluding hydrogens is 209 g/mol. The molecule has 1 atom stereocenters. The van der Waals surface area contributed by atoms with Crippen LogP contribution in [0.1, 0.15) is 18.4 Å².